The van der Waals surface area contributed by atoms with E-state index in [0.29, 0.717) is 11.3 Å². The number of hydrogen-bond acceptors (Lipinski definition) is 7. The predicted octanol–water partition coefficient (Wildman–Crippen LogP) is -0.194. The zero-order chi connectivity index (χ0) is 14.9. The van der Waals surface area contributed by atoms with E-state index in [-0.39, 0.29) is 18.0 Å². The number of carboxylic acids is 1. The van der Waals surface area contributed by atoms with Gasteiger partial charge in [-0.25, -0.2) is 4.79 Å². The molecule has 20 heavy (non-hydrogen) atoms. The van der Waals surface area contributed by atoms with Crippen LogP contribution in [0.5, 0.6) is 0 Å². The summed E-state index contributed by atoms with van der Waals surface area (Å²) in [5.74, 6) is -1.92. The average Bonchev–Trinajstić information content (AvgIpc) is 2.40. The summed E-state index contributed by atoms with van der Waals surface area (Å²) in [5, 5.41) is 12.4. The molecule has 0 aromatic carbocycles. The molecule has 8 nitrogen and oxygen atoms in total. The van der Waals surface area contributed by atoms with Gasteiger partial charge in [-0.3, -0.25) is 14.5 Å². The van der Waals surface area contributed by atoms with Crippen LogP contribution in [0.25, 0.3) is 0 Å². The number of carbonyl (C=O) groups is 3. The Labute approximate surface area is 118 Å². The van der Waals surface area contributed by atoms with Gasteiger partial charge in [-0.15, -0.1) is 11.8 Å². The van der Waals surface area contributed by atoms with Gasteiger partial charge in [0.2, 0.25) is 0 Å². The smallest absolute Gasteiger partial charge is 0.352 e. The first-order valence-electron chi connectivity index (χ1n) is 5.62. The molecule has 108 valence electrons. The van der Waals surface area contributed by atoms with Gasteiger partial charge in [0.15, 0.2) is 5.71 Å². The average molecular weight is 300 g/mol. The maximum Gasteiger partial charge on any atom is 0.352 e. The molecular weight excluding hydrogens is 288 g/mol. The van der Waals surface area contributed by atoms with Gasteiger partial charge in [0.05, 0.1) is 0 Å². The van der Waals surface area contributed by atoms with Gasteiger partial charge in [-0.1, -0.05) is 5.16 Å². The van der Waals surface area contributed by atoms with Crippen molar-refractivity contribution in [1.29, 1.82) is 0 Å². The summed E-state index contributed by atoms with van der Waals surface area (Å²) >= 11 is 1.33. The van der Waals surface area contributed by atoms with Crippen LogP contribution < -0.4 is 0 Å². The minimum atomic E-state index is -1.23. The molecule has 1 N–H and O–H groups in total. The third-order valence-corrected chi connectivity index (χ3v) is 4.00. The zero-order valence-corrected chi connectivity index (χ0v) is 11.6. The van der Waals surface area contributed by atoms with Gasteiger partial charge in [-0.05, 0) is 0 Å². The molecule has 2 aliphatic rings. The summed E-state index contributed by atoms with van der Waals surface area (Å²) in [4.78, 5) is 39.7. The lowest BCUT2D eigenvalue weighted by molar-refractivity contribution is -0.141. The number of carboxylic acid groups (broad SMARTS) is 1. The van der Waals surface area contributed by atoms with Crippen molar-refractivity contribution in [3.05, 3.63) is 11.3 Å². The predicted molar refractivity (Wildman–Crippen MR) is 68.8 cm³/mol. The fraction of sp³-hybridized carbons (Fsp3) is 0.455. The monoisotopic (exact) mass is 300 g/mol. The van der Waals surface area contributed by atoms with E-state index in [1.165, 1.54) is 25.8 Å². The van der Waals surface area contributed by atoms with E-state index in [1.54, 1.807) is 0 Å². The number of esters is 1. The quantitative estimate of drug-likeness (QED) is 0.435. The summed E-state index contributed by atoms with van der Waals surface area (Å²) in [6.45, 7) is 1.09. The standard InChI is InChI=1S/C11H12N2O6S/c1-5(14)19-3-6-4-20-10-7(12-18-2)9(15)13(10)8(6)11(16)17/h10H,3-4H2,1-2H3,(H,16,17)/b12-7+/t10-/m1/s1. The molecule has 0 radical (unpaired) electrons. The van der Waals surface area contributed by atoms with Crippen molar-refractivity contribution in [2.45, 2.75) is 12.3 Å². The number of ether oxygens (including phenoxy) is 1. The second-order valence-electron chi connectivity index (χ2n) is 4.04. The Hall–Kier alpha value is -2.03. The number of aliphatic carboxylic acids is 1. The molecule has 1 saturated heterocycles. The van der Waals surface area contributed by atoms with E-state index >= 15 is 0 Å². The molecular formula is C11H12N2O6S. The number of fused-ring (bicyclic) bond motifs is 1. The molecule has 1 amide bonds. The molecule has 0 unspecified atom stereocenters. The third-order valence-electron chi connectivity index (χ3n) is 2.74. The van der Waals surface area contributed by atoms with Gasteiger partial charge < -0.3 is 14.7 Å². The lowest BCUT2D eigenvalue weighted by atomic mass is 10.1. The van der Waals surface area contributed by atoms with Crippen LogP contribution in [0.4, 0.5) is 0 Å². The van der Waals surface area contributed by atoms with E-state index in [1.807, 2.05) is 0 Å². The first-order valence-corrected chi connectivity index (χ1v) is 6.67. The van der Waals surface area contributed by atoms with Crippen LogP contribution in [0.2, 0.25) is 0 Å². The van der Waals surface area contributed by atoms with Crippen LogP contribution in [0, 0.1) is 0 Å². The number of thioether (sulfide) groups is 1. The molecule has 2 aliphatic heterocycles. The number of nitrogens with zero attached hydrogens (tertiary/aromatic N) is 2. The number of hydrogen-bond donors (Lipinski definition) is 1. The maximum absolute atomic E-state index is 11.9. The molecule has 2 heterocycles. The largest absolute Gasteiger partial charge is 0.477 e. The van der Waals surface area contributed by atoms with Crippen molar-refractivity contribution in [3.63, 3.8) is 0 Å². The number of amides is 1. The van der Waals surface area contributed by atoms with E-state index in [4.69, 9.17) is 4.74 Å². The second-order valence-corrected chi connectivity index (χ2v) is 5.10. The van der Waals surface area contributed by atoms with Crippen LogP contribution >= 0.6 is 11.8 Å². The number of carbonyl (C=O) groups excluding carboxylic acids is 2. The summed E-state index contributed by atoms with van der Waals surface area (Å²) in [6, 6.07) is 0. The highest BCUT2D eigenvalue weighted by Crippen LogP contribution is 2.38. The number of rotatable bonds is 4. The number of β-lactam (4-membered cyclic amide) rings is 1. The summed E-state index contributed by atoms with van der Waals surface area (Å²) < 4.78 is 4.81. The molecule has 0 aromatic heterocycles. The Morgan fingerprint density at radius 1 is 1.55 bits per heavy atom. The lowest BCUT2D eigenvalue weighted by Gasteiger charge is -2.43. The molecule has 9 heteroatoms. The van der Waals surface area contributed by atoms with Crippen LogP contribution in [0.1, 0.15) is 6.92 Å². The zero-order valence-electron chi connectivity index (χ0n) is 10.8. The van der Waals surface area contributed by atoms with Crippen molar-refractivity contribution in [2.24, 2.45) is 5.16 Å². The summed E-state index contributed by atoms with van der Waals surface area (Å²) in [6.07, 6.45) is 0. The van der Waals surface area contributed by atoms with Crippen LogP contribution in [0.3, 0.4) is 0 Å². The fourth-order valence-electron chi connectivity index (χ4n) is 1.92. The first kappa shape index (κ1) is 14.4. The molecule has 0 bridgehead atoms. The highest BCUT2D eigenvalue weighted by molar-refractivity contribution is 8.01. The SMILES string of the molecule is CO/N=C1\C(=O)N2C(C(=O)O)=C(COC(C)=O)CS[C@H]12. The van der Waals surface area contributed by atoms with Crippen molar-refractivity contribution in [1.82, 2.24) is 4.90 Å². The molecule has 2 rings (SSSR count). The Morgan fingerprint density at radius 3 is 2.80 bits per heavy atom. The molecule has 1 fully saturated rings. The highest BCUT2D eigenvalue weighted by atomic mass is 32.2. The van der Waals surface area contributed by atoms with Gasteiger partial charge >= 0.3 is 11.9 Å². The Bertz CT molecular complexity index is 541. The minimum Gasteiger partial charge on any atom is -0.477 e. The van der Waals surface area contributed by atoms with E-state index < -0.39 is 23.2 Å². The summed E-state index contributed by atoms with van der Waals surface area (Å²) in [7, 11) is 1.32. The van der Waals surface area contributed by atoms with E-state index in [0.717, 1.165) is 4.90 Å². The Morgan fingerprint density at radius 2 is 2.25 bits per heavy atom. The van der Waals surface area contributed by atoms with Crippen molar-refractivity contribution in [3.8, 4) is 0 Å². The third kappa shape index (κ3) is 2.36. The van der Waals surface area contributed by atoms with Crippen LogP contribution in [-0.4, -0.2) is 58.4 Å². The number of oxime groups is 1. The fourth-order valence-corrected chi connectivity index (χ4v) is 3.15. The maximum atomic E-state index is 11.9. The highest BCUT2D eigenvalue weighted by Gasteiger charge is 2.51. The molecule has 1 atom stereocenters. The second kappa shape index (κ2) is 5.53. The topological polar surface area (TPSA) is 106 Å². The van der Waals surface area contributed by atoms with Crippen LogP contribution in [-0.2, 0) is 24.0 Å². The van der Waals surface area contributed by atoms with Crippen molar-refractivity contribution >= 4 is 35.3 Å². The van der Waals surface area contributed by atoms with Crippen LogP contribution in [0.15, 0.2) is 16.4 Å². The van der Waals surface area contributed by atoms with E-state index in [2.05, 4.69) is 9.99 Å². The molecule has 0 spiro atoms. The van der Waals surface area contributed by atoms with Gasteiger partial charge in [-0.2, -0.15) is 0 Å². The molecule has 0 aromatic rings. The van der Waals surface area contributed by atoms with Gasteiger partial charge in [0, 0.05) is 18.2 Å². The summed E-state index contributed by atoms with van der Waals surface area (Å²) in [5.41, 5.74) is 0.427. The minimum absolute atomic E-state index is 0.142. The van der Waals surface area contributed by atoms with E-state index in [9.17, 15) is 19.5 Å². The Balaban J connectivity index is 2.28. The Kier molecular flexibility index (Phi) is 3.98. The van der Waals surface area contributed by atoms with Crippen molar-refractivity contribution in [2.75, 3.05) is 19.5 Å². The lowest BCUT2D eigenvalue weighted by Crippen LogP contribution is -2.62. The van der Waals surface area contributed by atoms with Crippen molar-refractivity contribution < 1.29 is 29.1 Å². The first-order chi connectivity index (χ1) is 9.47. The van der Waals surface area contributed by atoms with Gasteiger partial charge in [0.25, 0.3) is 5.91 Å². The molecule has 0 aliphatic carbocycles. The molecule has 0 saturated carbocycles. The van der Waals surface area contributed by atoms with Gasteiger partial charge in [0.1, 0.15) is 24.8 Å². The normalized spacial score (nSPS) is 23.3.